The second kappa shape index (κ2) is 10.7. The van der Waals surface area contributed by atoms with Crippen LogP contribution in [-0.2, 0) is 11.2 Å². The van der Waals surface area contributed by atoms with Gasteiger partial charge in [0.25, 0.3) is 0 Å². The van der Waals surface area contributed by atoms with Crippen molar-refractivity contribution in [1.29, 1.82) is 0 Å². The van der Waals surface area contributed by atoms with E-state index in [2.05, 4.69) is 75.2 Å². The Kier molecular flexibility index (Phi) is 7.53. The van der Waals surface area contributed by atoms with Crippen LogP contribution in [0.5, 0.6) is 5.75 Å². The van der Waals surface area contributed by atoms with Crippen LogP contribution < -0.4 is 10.1 Å². The molecule has 1 unspecified atom stereocenters. The third kappa shape index (κ3) is 4.99. The molecule has 2 aromatic rings. The van der Waals surface area contributed by atoms with E-state index in [0.29, 0.717) is 5.92 Å². The van der Waals surface area contributed by atoms with Gasteiger partial charge in [0.05, 0.1) is 12.6 Å². The minimum Gasteiger partial charge on any atom is -0.493 e. The van der Waals surface area contributed by atoms with Crippen LogP contribution in [0, 0.1) is 25.2 Å². The van der Waals surface area contributed by atoms with E-state index in [9.17, 15) is 4.79 Å². The molecule has 2 atom stereocenters. The summed E-state index contributed by atoms with van der Waals surface area (Å²) in [7, 11) is 0. The molecule has 37 heavy (non-hydrogen) atoms. The highest BCUT2D eigenvalue weighted by Crippen LogP contribution is 2.51. The predicted molar refractivity (Wildman–Crippen MR) is 149 cm³/mol. The number of carbonyl (C=O) groups excluding carboxylic acids is 1. The molecule has 2 aromatic carbocycles. The number of piperidine rings is 3. The number of amides is 1. The summed E-state index contributed by atoms with van der Waals surface area (Å²) in [5.41, 5.74) is 7.40. The molecule has 4 aliphatic rings. The number of nitrogens with one attached hydrogen (secondary N) is 1. The number of hydrogen-bond acceptors (Lipinski definition) is 4. The zero-order valence-corrected chi connectivity index (χ0v) is 23.4. The van der Waals surface area contributed by atoms with E-state index in [4.69, 9.17) is 9.47 Å². The number of hydrogen-bond donors (Lipinski definition) is 1. The molecule has 3 heterocycles. The van der Waals surface area contributed by atoms with E-state index in [1.54, 1.807) is 0 Å². The SMILES string of the molecule is CCCOc1c(C)cc(-c2ccc3c(c2)CC(CC)(CC)C3NC(=O)O[C@H]2CN3CCC2CC3)cc1C. The quantitative estimate of drug-likeness (QED) is 0.421. The fourth-order valence-corrected chi connectivity index (χ4v) is 7.05. The lowest BCUT2D eigenvalue weighted by molar-refractivity contribution is -0.0353. The molecule has 3 fully saturated rings. The van der Waals surface area contributed by atoms with Crippen molar-refractivity contribution < 1.29 is 14.3 Å². The smallest absolute Gasteiger partial charge is 0.407 e. The summed E-state index contributed by atoms with van der Waals surface area (Å²) < 4.78 is 12.0. The summed E-state index contributed by atoms with van der Waals surface area (Å²) in [6, 6.07) is 11.3. The van der Waals surface area contributed by atoms with E-state index in [1.807, 2.05) is 0 Å². The highest BCUT2D eigenvalue weighted by molar-refractivity contribution is 5.71. The van der Waals surface area contributed by atoms with Crippen molar-refractivity contribution in [3.63, 3.8) is 0 Å². The van der Waals surface area contributed by atoms with Crippen LogP contribution in [0.2, 0.25) is 0 Å². The van der Waals surface area contributed by atoms with Crippen molar-refractivity contribution in [1.82, 2.24) is 10.2 Å². The molecular weight excluding hydrogens is 460 g/mol. The fraction of sp³-hybridized carbons (Fsp3) is 0.594. The third-order valence-electron chi connectivity index (χ3n) is 9.38. The normalized spacial score (nSPS) is 25.5. The minimum atomic E-state index is -0.249. The van der Waals surface area contributed by atoms with Crippen LogP contribution >= 0.6 is 0 Å². The van der Waals surface area contributed by atoms with Gasteiger partial charge in [0.1, 0.15) is 11.9 Å². The van der Waals surface area contributed by atoms with Gasteiger partial charge in [-0.3, -0.25) is 4.90 Å². The van der Waals surface area contributed by atoms with Crippen molar-refractivity contribution in [2.75, 3.05) is 26.2 Å². The standard InChI is InChI=1S/C32H44N2O3/c1-6-15-36-29-21(4)16-25(17-22(29)5)24-9-10-27-26(18-24)19-32(7-2,8-3)30(27)33-31(35)37-28-20-34-13-11-23(28)12-14-34/h9-10,16-18,23,28,30H,6-8,11-15,19-20H2,1-5H3,(H,33,35)/t28-,30?/m0/s1. The first-order valence-electron chi connectivity index (χ1n) is 14.4. The largest absolute Gasteiger partial charge is 0.493 e. The van der Waals surface area contributed by atoms with Gasteiger partial charge in [0.2, 0.25) is 0 Å². The Hall–Kier alpha value is -2.53. The number of ether oxygens (including phenoxy) is 2. The van der Waals surface area contributed by atoms with E-state index in [1.165, 1.54) is 33.4 Å². The summed E-state index contributed by atoms with van der Waals surface area (Å²) in [6.45, 7) is 14.8. The van der Waals surface area contributed by atoms with Gasteiger partial charge in [-0.05, 0) is 122 Å². The number of rotatable bonds is 8. The number of benzene rings is 2. The average molecular weight is 505 g/mol. The Morgan fingerprint density at radius 2 is 1.73 bits per heavy atom. The number of aryl methyl sites for hydroxylation is 2. The van der Waals surface area contributed by atoms with Crippen LogP contribution in [0.15, 0.2) is 30.3 Å². The molecule has 0 spiro atoms. The van der Waals surface area contributed by atoms with Crippen molar-refractivity contribution in [3.8, 4) is 16.9 Å². The van der Waals surface area contributed by atoms with Gasteiger partial charge in [-0.15, -0.1) is 0 Å². The lowest BCUT2D eigenvalue weighted by atomic mass is 9.76. The summed E-state index contributed by atoms with van der Waals surface area (Å²) in [6.07, 6.45) is 6.07. The van der Waals surface area contributed by atoms with Gasteiger partial charge in [-0.25, -0.2) is 4.79 Å². The van der Waals surface area contributed by atoms with Crippen molar-refractivity contribution in [2.24, 2.45) is 11.3 Å². The number of fused-ring (bicyclic) bond motifs is 4. The highest BCUT2D eigenvalue weighted by Gasteiger charge is 2.45. The van der Waals surface area contributed by atoms with Gasteiger partial charge in [0, 0.05) is 6.54 Å². The molecule has 1 N–H and O–H groups in total. The summed E-state index contributed by atoms with van der Waals surface area (Å²) in [5.74, 6) is 1.52. The van der Waals surface area contributed by atoms with Crippen molar-refractivity contribution in [2.45, 2.75) is 85.3 Å². The maximum Gasteiger partial charge on any atom is 0.407 e. The van der Waals surface area contributed by atoms with E-state index in [0.717, 1.165) is 70.5 Å². The van der Waals surface area contributed by atoms with Gasteiger partial charge in [-0.2, -0.15) is 0 Å². The van der Waals surface area contributed by atoms with E-state index < -0.39 is 0 Å². The topological polar surface area (TPSA) is 50.8 Å². The van der Waals surface area contributed by atoms with Crippen LogP contribution in [0.3, 0.4) is 0 Å². The van der Waals surface area contributed by atoms with Crippen LogP contribution in [-0.4, -0.2) is 43.3 Å². The number of alkyl carbamates (subject to hydrolysis) is 1. The van der Waals surface area contributed by atoms with Gasteiger partial charge in [0.15, 0.2) is 0 Å². The molecule has 0 saturated carbocycles. The Morgan fingerprint density at radius 3 is 2.32 bits per heavy atom. The van der Waals surface area contributed by atoms with Crippen LogP contribution in [0.1, 0.15) is 81.2 Å². The fourth-order valence-electron chi connectivity index (χ4n) is 7.05. The van der Waals surface area contributed by atoms with Crippen molar-refractivity contribution in [3.05, 3.63) is 52.6 Å². The highest BCUT2D eigenvalue weighted by atomic mass is 16.6. The first kappa shape index (κ1) is 26.1. The molecule has 1 amide bonds. The van der Waals surface area contributed by atoms with Crippen LogP contribution in [0.4, 0.5) is 4.79 Å². The molecular formula is C32H44N2O3. The zero-order valence-electron chi connectivity index (χ0n) is 23.4. The first-order valence-corrected chi connectivity index (χ1v) is 14.4. The van der Waals surface area contributed by atoms with Gasteiger partial charge < -0.3 is 14.8 Å². The number of carbonyl (C=O) groups is 1. The third-order valence-corrected chi connectivity index (χ3v) is 9.38. The van der Waals surface area contributed by atoms with E-state index in [-0.39, 0.29) is 23.7 Å². The first-order chi connectivity index (χ1) is 17.9. The molecule has 0 radical (unpaired) electrons. The zero-order chi connectivity index (χ0) is 26.2. The summed E-state index contributed by atoms with van der Waals surface area (Å²) >= 11 is 0. The van der Waals surface area contributed by atoms with Gasteiger partial charge in [-0.1, -0.05) is 39.0 Å². The maximum atomic E-state index is 13.2. The Bertz CT molecular complexity index is 1110. The minimum absolute atomic E-state index is 0.0126. The Labute approximate surface area is 222 Å². The Balaban J connectivity index is 1.38. The monoisotopic (exact) mass is 504 g/mol. The number of nitrogens with zero attached hydrogens (tertiary/aromatic N) is 1. The molecule has 0 aromatic heterocycles. The molecule has 6 rings (SSSR count). The molecule has 5 heteroatoms. The molecule has 3 aliphatic heterocycles. The van der Waals surface area contributed by atoms with E-state index >= 15 is 0 Å². The molecule has 200 valence electrons. The molecule has 5 nitrogen and oxygen atoms in total. The predicted octanol–water partition coefficient (Wildman–Crippen LogP) is 6.98. The second-order valence-electron chi connectivity index (χ2n) is 11.6. The maximum absolute atomic E-state index is 13.2. The molecule has 2 bridgehead atoms. The lowest BCUT2D eigenvalue weighted by Crippen LogP contribution is -2.53. The summed E-state index contributed by atoms with van der Waals surface area (Å²) in [4.78, 5) is 15.6. The van der Waals surface area contributed by atoms with Gasteiger partial charge >= 0.3 is 6.09 Å². The van der Waals surface area contributed by atoms with Crippen molar-refractivity contribution >= 4 is 6.09 Å². The lowest BCUT2D eigenvalue weighted by Gasteiger charge is -2.44. The van der Waals surface area contributed by atoms with Crippen LogP contribution in [0.25, 0.3) is 11.1 Å². The molecule has 1 aliphatic carbocycles. The Morgan fingerprint density at radius 1 is 1.03 bits per heavy atom. The summed E-state index contributed by atoms with van der Waals surface area (Å²) in [5, 5.41) is 3.34. The second-order valence-corrected chi connectivity index (χ2v) is 11.6. The molecule has 3 saturated heterocycles. The average Bonchev–Trinajstić information content (AvgIpc) is 3.21.